The zero-order chi connectivity index (χ0) is 14.2. The minimum Gasteiger partial charge on any atom is -0.316 e. The van der Waals surface area contributed by atoms with E-state index in [1.807, 2.05) is 7.05 Å². The molecule has 1 aromatic carbocycles. The standard InChI is InChI=1S/C17H24N2/c1-11-7-12(2)16-13(10-18-6)9-15(17(3,4)5)19-14(16)8-11/h7-9,18H,10H2,1-6H3. The molecule has 1 aromatic heterocycles. The summed E-state index contributed by atoms with van der Waals surface area (Å²) in [6, 6.07) is 6.68. The van der Waals surface area contributed by atoms with E-state index in [9.17, 15) is 0 Å². The minimum absolute atomic E-state index is 0.0777. The molecule has 0 aliphatic carbocycles. The van der Waals surface area contributed by atoms with Gasteiger partial charge in [-0.25, -0.2) is 0 Å². The van der Waals surface area contributed by atoms with Crippen molar-refractivity contribution in [2.24, 2.45) is 0 Å². The van der Waals surface area contributed by atoms with Gasteiger partial charge in [-0.2, -0.15) is 0 Å². The number of rotatable bonds is 2. The highest BCUT2D eigenvalue weighted by Gasteiger charge is 2.18. The van der Waals surface area contributed by atoms with E-state index in [2.05, 4.69) is 58.1 Å². The molecular formula is C17H24N2. The van der Waals surface area contributed by atoms with Gasteiger partial charge in [0.2, 0.25) is 0 Å². The lowest BCUT2D eigenvalue weighted by atomic mass is 9.89. The lowest BCUT2D eigenvalue weighted by molar-refractivity contribution is 0.570. The van der Waals surface area contributed by atoms with Gasteiger partial charge in [0.05, 0.1) is 5.52 Å². The van der Waals surface area contributed by atoms with Crippen molar-refractivity contribution in [1.82, 2.24) is 10.3 Å². The van der Waals surface area contributed by atoms with E-state index in [4.69, 9.17) is 4.98 Å². The van der Waals surface area contributed by atoms with Gasteiger partial charge in [-0.3, -0.25) is 4.98 Å². The summed E-state index contributed by atoms with van der Waals surface area (Å²) in [6.07, 6.45) is 0. The van der Waals surface area contributed by atoms with Gasteiger partial charge in [-0.15, -0.1) is 0 Å². The second-order valence-corrected chi connectivity index (χ2v) is 6.42. The molecule has 0 aliphatic rings. The Balaban J connectivity index is 2.79. The van der Waals surface area contributed by atoms with Crippen LogP contribution < -0.4 is 5.32 Å². The molecule has 2 nitrogen and oxygen atoms in total. The molecule has 1 N–H and O–H groups in total. The van der Waals surface area contributed by atoms with Crippen LogP contribution in [-0.4, -0.2) is 12.0 Å². The largest absolute Gasteiger partial charge is 0.316 e. The predicted octanol–water partition coefficient (Wildman–Crippen LogP) is 3.87. The fourth-order valence-corrected chi connectivity index (χ4v) is 2.56. The lowest BCUT2D eigenvalue weighted by Gasteiger charge is -2.21. The fraction of sp³-hybridized carbons (Fsp3) is 0.471. The first kappa shape index (κ1) is 14.0. The van der Waals surface area contributed by atoms with Crippen molar-refractivity contribution in [3.05, 3.63) is 40.6 Å². The number of nitrogens with zero attached hydrogens (tertiary/aromatic N) is 1. The van der Waals surface area contributed by atoms with E-state index in [0.29, 0.717) is 0 Å². The number of aryl methyl sites for hydroxylation is 2. The third-order valence-electron chi connectivity index (χ3n) is 3.47. The molecule has 0 spiro atoms. The number of pyridine rings is 1. The van der Waals surface area contributed by atoms with Crippen LogP contribution in [0.15, 0.2) is 18.2 Å². The van der Waals surface area contributed by atoms with Crippen LogP contribution in [0.3, 0.4) is 0 Å². The average Bonchev–Trinajstić information content (AvgIpc) is 2.26. The Labute approximate surface area is 116 Å². The maximum atomic E-state index is 4.88. The molecule has 2 heteroatoms. The molecule has 19 heavy (non-hydrogen) atoms. The van der Waals surface area contributed by atoms with Gasteiger partial charge < -0.3 is 5.32 Å². The molecule has 0 fully saturated rings. The first-order valence-electron chi connectivity index (χ1n) is 6.89. The summed E-state index contributed by atoms with van der Waals surface area (Å²) in [6.45, 7) is 11.8. The quantitative estimate of drug-likeness (QED) is 0.882. The molecule has 0 unspecified atom stereocenters. The molecule has 0 bridgehead atoms. The van der Waals surface area contributed by atoms with Crippen LogP contribution in [0.25, 0.3) is 10.9 Å². The normalized spacial score (nSPS) is 12.1. The molecule has 0 amide bonds. The van der Waals surface area contributed by atoms with Gasteiger partial charge >= 0.3 is 0 Å². The summed E-state index contributed by atoms with van der Waals surface area (Å²) in [4.78, 5) is 4.88. The highest BCUT2D eigenvalue weighted by Crippen LogP contribution is 2.28. The Kier molecular flexibility index (Phi) is 3.64. The molecule has 2 aromatic rings. The molecule has 0 radical (unpaired) electrons. The summed E-state index contributed by atoms with van der Waals surface area (Å²) < 4.78 is 0. The second kappa shape index (κ2) is 4.93. The number of nitrogens with one attached hydrogen (secondary N) is 1. The van der Waals surface area contributed by atoms with E-state index in [1.165, 1.54) is 22.1 Å². The Morgan fingerprint density at radius 1 is 1.11 bits per heavy atom. The number of hydrogen-bond donors (Lipinski definition) is 1. The first-order chi connectivity index (χ1) is 8.82. The third kappa shape index (κ3) is 2.79. The van der Waals surface area contributed by atoms with E-state index in [1.54, 1.807) is 0 Å². The van der Waals surface area contributed by atoms with Crippen molar-refractivity contribution in [1.29, 1.82) is 0 Å². The van der Waals surface area contributed by atoms with Gasteiger partial charge in [0.25, 0.3) is 0 Å². The third-order valence-corrected chi connectivity index (χ3v) is 3.47. The molecule has 0 saturated heterocycles. The molecule has 2 rings (SSSR count). The van der Waals surface area contributed by atoms with Gasteiger partial charge in [0.1, 0.15) is 0 Å². The molecule has 0 aliphatic heterocycles. The van der Waals surface area contributed by atoms with Gasteiger partial charge in [0.15, 0.2) is 0 Å². The Bertz CT molecular complexity index is 607. The molecular weight excluding hydrogens is 232 g/mol. The maximum Gasteiger partial charge on any atom is 0.0714 e. The van der Waals surface area contributed by atoms with Crippen molar-refractivity contribution < 1.29 is 0 Å². The fourth-order valence-electron chi connectivity index (χ4n) is 2.56. The summed E-state index contributed by atoms with van der Waals surface area (Å²) in [7, 11) is 1.99. The highest BCUT2D eigenvalue weighted by molar-refractivity contribution is 5.86. The molecule has 0 atom stereocenters. The predicted molar refractivity (Wildman–Crippen MR) is 82.7 cm³/mol. The van der Waals surface area contributed by atoms with Crippen LogP contribution in [0, 0.1) is 13.8 Å². The number of aromatic nitrogens is 1. The topological polar surface area (TPSA) is 24.9 Å². The van der Waals surface area contributed by atoms with E-state index in [-0.39, 0.29) is 5.41 Å². The SMILES string of the molecule is CNCc1cc(C(C)(C)C)nc2cc(C)cc(C)c12. The van der Waals surface area contributed by atoms with Gasteiger partial charge in [-0.1, -0.05) is 26.8 Å². The number of benzene rings is 1. The van der Waals surface area contributed by atoms with Gasteiger partial charge in [-0.05, 0) is 49.7 Å². The van der Waals surface area contributed by atoms with Gasteiger partial charge in [0, 0.05) is 23.0 Å². The van der Waals surface area contributed by atoms with E-state index in [0.717, 1.165) is 17.8 Å². The van der Waals surface area contributed by atoms with Crippen LogP contribution in [0.4, 0.5) is 0 Å². The van der Waals surface area contributed by atoms with E-state index >= 15 is 0 Å². The van der Waals surface area contributed by atoms with Crippen molar-refractivity contribution >= 4 is 10.9 Å². The lowest BCUT2D eigenvalue weighted by Crippen LogP contribution is -2.16. The van der Waals surface area contributed by atoms with Crippen LogP contribution in [-0.2, 0) is 12.0 Å². The zero-order valence-electron chi connectivity index (χ0n) is 12.9. The van der Waals surface area contributed by atoms with Crippen LogP contribution >= 0.6 is 0 Å². The smallest absolute Gasteiger partial charge is 0.0714 e. The monoisotopic (exact) mass is 256 g/mol. The molecule has 102 valence electrons. The Morgan fingerprint density at radius 2 is 1.79 bits per heavy atom. The van der Waals surface area contributed by atoms with Crippen molar-refractivity contribution in [3.8, 4) is 0 Å². The highest BCUT2D eigenvalue weighted by atomic mass is 14.8. The zero-order valence-corrected chi connectivity index (χ0v) is 12.9. The van der Waals surface area contributed by atoms with Crippen LogP contribution in [0.5, 0.6) is 0 Å². The number of hydrogen-bond acceptors (Lipinski definition) is 2. The molecule has 0 saturated carbocycles. The van der Waals surface area contributed by atoms with Crippen LogP contribution in [0.1, 0.15) is 43.2 Å². The average molecular weight is 256 g/mol. The summed E-state index contributed by atoms with van der Waals surface area (Å²) in [5.41, 5.74) is 6.29. The van der Waals surface area contributed by atoms with E-state index < -0.39 is 0 Å². The Morgan fingerprint density at radius 3 is 2.37 bits per heavy atom. The summed E-state index contributed by atoms with van der Waals surface area (Å²) in [5, 5.41) is 4.57. The van der Waals surface area contributed by atoms with Crippen molar-refractivity contribution in [2.75, 3.05) is 7.05 Å². The summed E-state index contributed by atoms with van der Waals surface area (Å²) in [5.74, 6) is 0. The van der Waals surface area contributed by atoms with Crippen LogP contribution in [0.2, 0.25) is 0 Å². The maximum absolute atomic E-state index is 4.88. The first-order valence-corrected chi connectivity index (χ1v) is 6.89. The van der Waals surface area contributed by atoms with Crippen molar-refractivity contribution in [3.63, 3.8) is 0 Å². The number of fused-ring (bicyclic) bond motifs is 1. The summed E-state index contributed by atoms with van der Waals surface area (Å²) >= 11 is 0. The minimum atomic E-state index is 0.0777. The molecule has 1 heterocycles. The Hall–Kier alpha value is -1.41. The van der Waals surface area contributed by atoms with Crippen molar-refractivity contribution in [2.45, 2.75) is 46.6 Å². The second-order valence-electron chi connectivity index (χ2n) is 6.42.